The van der Waals surface area contributed by atoms with Crippen LogP contribution in [-0.4, -0.2) is 69.3 Å². The number of carbonyl (C=O) groups is 1. The van der Waals surface area contributed by atoms with Crippen molar-refractivity contribution < 1.29 is 9.90 Å². The molecule has 0 saturated carbocycles. The average Bonchev–Trinajstić information content (AvgIpc) is 3.18. The number of benzene rings is 1. The first-order valence-electron chi connectivity index (χ1n) is 8.40. The van der Waals surface area contributed by atoms with E-state index in [2.05, 4.69) is 4.90 Å². The monoisotopic (exact) mass is 346 g/mol. The molecular formula is C17H22N4O2S. The zero-order chi connectivity index (χ0) is 16.7. The molecule has 4 rings (SSSR count). The van der Waals surface area contributed by atoms with Gasteiger partial charge in [0.1, 0.15) is 0 Å². The molecule has 1 aromatic heterocycles. The van der Waals surface area contributed by atoms with Gasteiger partial charge in [-0.25, -0.2) is 4.98 Å². The quantitative estimate of drug-likeness (QED) is 0.889. The van der Waals surface area contributed by atoms with Gasteiger partial charge >= 0.3 is 0 Å². The molecule has 0 spiro atoms. The topological polar surface area (TPSA) is 61.6 Å². The van der Waals surface area contributed by atoms with Crippen LogP contribution in [0.5, 0.6) is 0 Å². The Morgan fingerprint density at radius 1 is 1.29 bits per heavy atom. The van der Waals surface area contributed by atoms with Crippen LogP contribution in [0.25, 0.3) is 11.0 Å². The Balaban J connectivity index is 1.64. The molecule has 1 atom stereocenters. The Bertz CT molecular complexity index is 769. The number of rotatable bonds is 2. The van der Waals surface area contributed by atoms with E-state index in [1.807, 2.05) is 46.5 Å². The van der Waals surface area contributed by atoms with E-state index >= 15 is 0 Å². The first-order valence-corrected chi connectivity index (χ1v) is 9.55. The maximum absolute atomic E-state index is 12.7. The van der Waals surface area contributed by atoms with Gasteiger partial charge in [-0.15, -0.1) is 0 Å². The summed E-state index contributed by atoms with van der Waals surface area (Å²) < 4.78 is 2.04. The van der Waals surface area contributed by atoms with Crippen molar-refractivity contribution in [3.63, 3.8) is 0 Å². The molecule has 24 heavy (non-hydrogen) atoms. The molecule has 0 aliphatic carbocycles. The Morgan fingerprint density at radius 2 is 2.08 bits per heavy atom. The second kappa shape index (κ2) is 6.29. The number of aliphatic hydroxyl groups is 1. The predicted octanol–water partition coefficient (Wildman–Crippen LogP) is 1.33. The number of anilines is 1. The molecule has 128 valence electrons. The maximum Gasteiger partial charge on any atom is 0.253 e. The summed E-state index contributed by atoms with van der Waals surface area (Å²) in [4.78, 5) is 21.4. The molecular weight excluding hydrogens is 324 g/mol. The number of amides is 1. The number of β-amino-alcohol motifs (C(OH)–C–C–N with tert-alkyl or cyclic N) is 1. The third-order valence-corrected chi connectivity index (χ3v) is 5.79. The minimum Gasteiger partial charge on any atom is -0.391 e. The number of thioether (sulfide) groups is 1. The van der Waals surface area contributed by atoms with Gasteiger partial charge in [0.25, 0.3) is 5.91 Å². The van der Waals surface area contributed by atoms with Gasteiger partial charge in [-0.2, -0.15) is 11.8 Å². The van der Waals surface area contributed by atoms with Crippen LogP contribution in [0, 0.1) is 0 Å². The number of aliphatic hydroxyl groups excluding tert-OH is 1. The Kier molecular flexibility index (Phi) is 4.14. The minimum absolute atomic E-state index is 0.0981. The first kappa shape index (κ1) is 15.8. The number of nitrogens with zero attached hydrogens (tertiary/aromatic N) is 4. The number of carbonyl (C=O) groups excluding carboxylic acids is 1. The molecule has 3 heterocycles. The summed E-state index contributed by atoms with van der Waals surface area (Å²) in [6.45, 7) is 3.07. The molecule has 0 bridgehead atoms. The molecule has 2 aromatic rings. The van der Waals surface area contributed by atoms with Crippen LogP contribution in [0.1, 0.15) is 16.8 Å². The lowest BCUT2D eigenvalue weighted by molar-refractivity contribution is 0.0772. The standard InChI is InChI=1S/C17H22N4O2S/c1-19-15-3-2-12(16(23)20-6-8-24-9-7-20)10-14(15)18-17(19)21-5-4-13(22)11-21/h2-3,10,13,22H,4-9,11H2,1H3/t13-/m0/s1. The highest BCUT2D eigenvalue weighted by Gasteiger charge is 2.25. The number of aryl methyl sites for hydroxylation is 1. The lowest BCUT2D eigenvalue weighted by Gasteiger charge is -2.26. The van der Waals surface area contributed by atoms with Crippen molar-refractivity contribution in [2.45, 2.75) is 12.5 Å². The van der Waals surface area contributed by atoms with Gasteiger partial charge in [0.15, 0.2) is 0 Å². The number of hydrogen-bond acceptors (Lipinski definition) is 5. The summed E-state index contributed by atoms with van der Waals surface area (Å²) >= 11 is 1.90. The normalized spacial score (nSPS) is 21.7. The van der Waals surface area contributed by atoms with Crippen LogP contribution in [0.2, 0.25) is 0 Å². The van der Waals surface area contributed by atoms with Crippen molar-refractivity contribution in [1.82, 2.24) is 14.5 Å². The zero-order valence-corrected chi connectivity index (χ0v) is 14.6. The van der Waals surface area contributed by atoms with Crippen molar-refractivity contribution in [2.24, 2.45) is 7.05 Å². The molecule has 0 unspecified atom stereocenters. The second-order valence-electron chi connectivity index (χ2n) is 6.47. The molecule has 2 fully saturated rings. The van der Waals surface area contributed by atoms with E-state index in [-0.39, 0.29) is 12.0 Å². The largest absolute Gasteiger partial charge is 0.391 e. The van der Waals surface area contributed by atoms with Crippen LogP contribution in [0.3, 0.4) is 0 Å². The highest BCUT2D eigenvalue weighted by Crippen LogP contribution is 2.25. The summed E-state index contributed by atoms with van der Waals surface area (Å²) in [5.41, 5.74) is 2.56. The molecule has 1 amide bonds. The van der Waals surface area contributed by atoms with Gasteiger partial charge in [0.2, 0.25) is 5.95 Å². The molecule has 6 nitrogen and oxygen atoms in total. The molecule has 1 N–H and O–H groups in total. The summed E-state index contributed by atoms with van der Waals surface area (Å²) in [7, 11) is 1.98. The Labute approximate surface area is 145 Å². The van der Waals surface area contributed by atoms with Gasteiger partial charge in [0, 0.05) is 50.3 Å². The fourth-order valence-electron chi connectivity index (χ4n) is 3.48. The molecule has 7 heteroatoms. The van der Waals surface area contributed by atoms with Crippen molar-refractivity contribution in [3.8, 4) is 0 Å². The van der Waals surface area contributed by atoms with Crippen molar-refractivity contribution in [3.05, 3.63) is 23.8 Å². The number of aromatic nitrogens is 2. The highest BCUT2D eigenvalue weighted by molar-refractivity contribution is 7.99. The average molecular weight is 346 g/mol. The van der Waals surface area contributed by atoms with Crippen LogP contribution < -0.4 is 4.90 Å². The van der Waals surface area contributed by atoms with Gasteiger partial charge in [-0.05, 0) is 24.6 Å². The van der Waals surface area contributed by atoms with Crippen LogP contribution in [0.15, 0.2) is 18.2 Å². The lowest BCUT2D eigenvalue weighted by Crippen LogP contribution is -2.37. The van der Waals surface area contributed by atoms with Crippen LogP contribution >= 0.6 is 11.8 Å². The lowest BCUT2D eigenvalue weighted by atomic mass is 10.1. The van der Waals surface area contributed by atoms with Crippen molar-refractivity contribution >= 4 is 34.7 Å². The zero-order valence-electron chi connectivity index (χ0n) is 13.8. The Hall–Kier alpha value is -1.73. The molecule has 2 saturated heterocycles. The summed E-state index contributed by atoms with van der Waals surface area (Å²) in [5, 5.41) is 9.76. The summed E-state index contributed by atoms with van der Waals surface area (Å²) in [6, 6.07) is 5.77. The molecule has 1 aromatic carbocycles. The molecule has 2 aliphatic heterocycles. The minimum atomic E-state index is -0.279. The van der Waals surface area contributed by atoms with Crippen LogP contribution in [0.4, 0.5) is 5.95 Å². The highest BCUT2D eigenvalue weighted by atomic mass is 32.2. The van der Waals surface area contributed by atoms with E-state index in [1.54, 1.807) is 0 Å². The molecule has 2 aliphatic rings. The Morgan fingerprint density at radius 3 is 2.79 bits per heavy atom. The fourth-order valence-corrected chi connectivity index (χ4v) is 4.38. The SMILES string of the molecule is Cn1c(N2CC[C@H](O)C2)nc2cc(C(=O)N3CCSCC3)ccc21. The van der Waals surface area contributed by atoms with Gasteiger partial charge < -0.3 is 19.5 Å². The number of hydrogen-bond donors (Lipinski definition) is 1. The fraction of sp³-hybridized carbons (Fsp3) is 0.529. The van der Waals surface area contributed by atoms with E-state index in [0.29, 0.717) is 12.1 Å². The summed E-state index contributed by atoms with van der Waals surface area (Å²) in [6.07, 6.45) is 0.499. The number of fused-ring (bicyclic) bond motifs is 1. The maximum atomic E-state index is 12.7. The smallest absolute Gasteiger partial charge is 0.253 e. The van der Waals surface area contributed by atoms with E-state index in [9.17, 15) is 9.90 Å². The van der Waals surface area contributed by atoms with E-state index in [4.69, 9.17) is 4.98 Å². The third-order valence-electron chi connectivity index (χ3n) is 4.85. The molecule has 0 radical (unpaired) electrons. The van der Waals surface area contributed by atoms with Gasteiger partial charge in [0.05, 0.1) is 17.1 Å². The second-order valence-corrected chi connectivity index (χ2v) is 7.69. The van der Waals surface area contributed by atoms with Gasteiger partial charge in [-0.3, -0.25) is 4.79 Å². The number of imidazole rings is 1. The van der Waals surface area contributed by atoms with E-state index in [1.165, 1.54) is 0 Å². The van der Waals surface area contributed by atoms with Crippen LogP contribution in [-0.2, 0) is 7.05 Å². The first-order chi connectivity index (χ1) is 11.6. The summed E-state index contributed by atoms with van der Waals surface area (Å²) in [5.74, 6) is 2.99. The third kappa shape index (κ3) is 2.75. The predicted molar refractivity (Wildman–Crippen MR) is 96.8 cm³/mol. The van der Waals surface area contributed by atoms with E-state index in [0.717, 1.165) is 54.5 Å². The van der Waals surface area contributed by atoms with E-state index < -0.39 is 0 Å². The van der Waals surface area contributed by atoms with Crippen molar-refractivity contribution in [1.29, 1.82) is 0 Å². The van der Waals surface area contributed by atoms with Crippen molar-refractivity contribution in [2.75, 3.05) is 42.6 Å². The van der Waals surface area contributed by atoms with Gasteiger partial charge in [-0.1, -0.05) is 0 Å².